The van der Waals surface area contributed by atoms with E-state index in [1.807, 2.05) is 4.90 Å². The number of aromatic nitrogens is 2. The number of aromatic amines is 1. The lowest BCUT2D eigenvalue weighted by molar-refractivity contribution is -0.134. The Balaban J connectivity index is 2.07. The van der Waals surface area contributed by atoms with Crippen molar-refractivity contribution in [1.29, 1.82) is 0 Å². The lowest BCUT2D eigenvalue weighted by Gasteiger charge is -2.30. The van der Waals surface area contributed by atoms with E-state index >= 15 is 0 Å². The number of hydrogen-bond donors (Lipinski definition) is 1. The summed E-state index contributed by atoms with van der Waals surface area (Å²) < 4.78 is 0. The summed E-state index contributed by atoms with van der Waals surface area (Å²) in [6, 6.07) is 0. The normalized spacial score (nSPS) is 18.1. The molecule has 1 atom stereocenters. The maximum absolute atomic E-state index is 12.5. The molecule has 1 fully saturated rings. The molecule has 1 saturated heterocycles. The largest absolute Gasteiger partial charge is 0.348 e. The lowest BCUT2D eigenvalue weighted by Crippen LogP contribution is -2.39. The van der Waals surface area contributed by atoms with Crippen LogP contribution in [0.25, 0.3) is 0 Å². The van der Waals surface area contributed by atoms with Gasteiger partial charge in [0, 0.05) is 25.0 Å². The number of imidazole rings is 1. The van der Waals surface area contributed by atoms with Gasteiger partial charge in [-0.15, -0.1) is 0 Å². The molecule has 0 bridgehead atoms. The van der Waals surface area contributed by atoms with Crippen LogP contribution in [0.2, 0.25) is 0 Å². The van der Waals surface area contributed by atoms with Gasteiger partial charge in [-0.2, -0.15) is 0 Å². The molecular formula is C13H21N3O. The predicted molar refractivity (Wildman–Crippen MR) is 66.7 cm³/mol. The van der Waals surface area contributed by atoms with Crippen molar-refractivity contribution in [2.24, 2.45) is 0 Å². The Morgan fingerprint density at radius 1 is 1.47 bits per heavy atom. The van der Waals surface area contributed by atoms with Crippen LogP contribution in [-0.4, -0.2) is 33.9 Å². The molecule has 1 aliphatic rings. The zero-order chi connectivity index (χ0) is 12.1. The average molecular weight is 235 g/mol. The number of carbonyl (C=O) groups excluding carboxylic acids is 1. The Morgan fingerprint density at radius 2 is 2.24 bits per heavy atom. The number of hydrogen-bond acceptors (Lipinski definition) is 2. The Morgan fingerprint density at radius 3 is 2.82 bits per heavy atom. The van der Waals surface area contributed by atoms with E-state index in [9.17, 15) is 4.79 Å². The minimum atomic E-state index is -0.0272. The average Bonchev–Trinajstić information content (AvgIpc) is 2.90. The highest BCUT2D eigenvalue weighted by Gasteiger charge is 2.26. The van der Waals surface area contributed by atoms with E-state index in [0.717, 1.165) is 44.5 Å². The zero-order valence-electron chi connectivity index (χ0n) is 10.5. The highest BCUT2D eigenvalue weighted by Crippen LogP contribution is 2.23. The molecule has 2 rings (SSSR count). The lowest BCUT2D eigenvalue weighted by atomic mass is 9.97. The second-order valence-corrected chi connectivity index (χ2v) is 4.73. The van der Waals surface area contributed by atoms with Gasteiger partial charge in [0.1, 0.15) is 0 Å². The number of nitrogens with zero attached hydrogens (tertiary/aromatic N) is 2. The van der Waals surface area contributed by atoms with Crippen LogP contribution >= 0.6 is 0 Å². The van der Waals surface area contributed by atoms with Crippen molar-refractivity contribution in [3.8, 4) is 0 Å². The van der Waals surface area contributed by atoms with E-state index in [4.69, 9.17) is 0 Å². The van der Waals surface area contributed by atoms with Crippen LogP contribution < -0.4 is 0 Å². The topological polar surface area (TPSA) is 49.0 Å². The molecule has 1 amide bonds. The third-order valence-electron chi connectivity index (χ3n) is 3.44. The van der Waals surface area contributed by atoms with Crippen molar-refractivity contribution in [2.45, 2.75) is 44.9 Å². The van der Waals surface area contributed by atoms with Gasteiger partial charge in [-0.05, 0) is 25.7 Å². The number of rotatable bonds is 4. The van der Waals surface area contributed by atoms with Gasteiger partial charge in [0.05, 0.1) is 12.2 Å². The van der Waals surface area contributed by atoms with Crippen molar-refractivity contribution in [3.63, 3.8) is 0 Å². The first-order valence-corrected chi connectivity index (χ1v) is 6.60. The molecule has 1 aromatic heterocycles. The number of likely N-dealkylation sites (tertiary alicyclic amines) is 1. The van der Waals surface area contributed by atoms with Crippen molar-refractivity contribution in [1.82, 2.24) is 14.9 Å². The van der Waals surface area contributed by atoms with E-state index < -0.39 is 0 Å². The summed E-state index contributed by atoms with van der Waals surface area (Å²) in [5, 5.41) is 0. The van der Waals surface area contributed by atoms with Gasteiger partial charge in [-0.3, -0.25) is 4.79 Å². The second-order valence-electron chi connectivity index (χ2n) is 4.73. The molecule has 0 spiro atoms. The molecule has 1 N–H and O–H groups in total. The van der Waals surface area contributed by atoms with Gasteiger partial charge in [0.25, 0.3) is 0 Å². The highest BCUT2D eigenvalue weighted by atomic mass is 16.2. The minimum absolute atomic E-state index is 0.0272. The van der Waals surface area contributed by atoms with Crippen molar-refractivity contribution >= 4 is 5.91 Å². The molecule has 0 radical (unpaired) electrons. The van der Waals surface area contributed by atoms with Gasteiger partial charge < -0.3 is 9.88 Å². The van der Waals surface area contributed by atoms with Crippen LogP contribution in [0.5, 0.6) is 0 Å². The summed E-state index contributed by atoms with van der Waals surface area (Å²) in [4.78, 5) is 21.6. The van der Waals surface area contributed by atoms with Crippen molar-refractivity contribution in [3.05, 3.63) is 18.2 Å². The monoisotopic (exact) mass is 235 g/mol. The molecule has 2 heterocycles. The quantitative estimate of drug-likeness (QED) is 0.870. The second kappa shape index (κ2) is 5.84. The van der Waals surface area contributed by atoms with E-state index in [2.05, 4.69) is 16.9 Å². The van der Waals surface area contributed by atoms with Crippen LogP contribution in [-0.2, 0) is 4.79 Å². The summed E-state index contributed by atoms with van der Waals surface area (Å²) in [6.45, 7) is 3.97. The van der Waals surface area contributed by atoms with Crippen LogP contribution in [0.3, 0.4) is 0 Å². The van der Waals surface area contributed by atoms with Gasteiger partial charge in [0.2, 0.25) is 5.91 Å². The fourth-order valence-corrected chi connectivity index (χ4v) is 2.49. The molecule has 94 valence electrons. The summed E-state index contributed by atoms with van der Waals surface area (Å²) in [6.07, 6.45) is 8.90. The van der Waals surface area contributed by atoms with Gasteiger partial charge >= 0.3 is 0 Å². The van der Waals surface area contributed by atoms with Crippen LogP contribution in [0.4, 0.5) is 0 Å². The number of amides is 1. The molecule has 0 saturated carbocycles. The van der Waals surface area contributed by atoms with Crippen molar-refractivity contribution < 1.29 is 4.79 Å². The molecule has 4 nitrogen and oxygen atoms in total. The smallest absolute Gasteiger partial charge is 0.231 e. The van der Waals surface area contributed by atoms with Crippen molar-refractivity contribution in [2.75, 3.05) is 13.1 Å². The summed E-state index contributed by atoms with van der Waals surface area (Å²) in [7, 11) is 0. The maximum atomic E-state index is 12.5. The zero-order valence-corrected chi connectivity index (χ0v) is 10.5. The van der Waals surface area contributed by atoms with Crippen LogP contribution in [0.1, 0.15) is 50.6 Å². The molecule has 0 aliphatic carbocycles. The molecule has 1 aliphatic heterocycles. The first-order chi connectivity index (χ1) is 8.33. The third-order valence-corrected chi connectivity index (χ3v) is 3.44. The third kappa shape index (κ3) is 2.87. The summed E-state index contributed by atoms with van der Waals surface area (Å²) >= 11 is 0. The predicted octanol–water partition coefficient (Wildman–Crippen LogP) is 2.31. The van der Waals surface area contributed by atoms with Gasteiger partial charge in [-0.25, -0.2) is 4.98 Å². The standard InChI is InChI=1S/C13H21N3O/c1-2-6-11(12-9-14-10-15-12)13(17)16-7-4-3-5-8-16/h9-11H,2-8H2,1H3,(H,14,15). The first-order valence-electron chi connectivity index (χ1n) is 6.60. The van der Waals surface area contributed by atoms with E-state index in [1.54, 1.807) is 12.5 Å². The summed E-state index contributed by atoms with van der Waals surface area (Å²) in [5.41, 5.74) is 0.961. The molecule has 4 heteroatoms. The van der Waals surface area contributed by atoms with E-state index in [0.29, 0.717) is 0 Å². The number of nitrogens with one attached hydrogen (secondary N) is 1. The molecule has 1 aromatic rings. The first kappa shape index (κ1) is 12.1. The van der Waals surface area contributed by atoms with Crippen LogP contribution in [0.15, 0.2) is 12.5 Å². The molecule has 1 unspecified atom stereocenters. The molecule has 0 aromatic carbocycles. The van der Waals surface area contributed by atoms with Gasteiger partial charge in [0.15, 0.2) is 0 Å². The number of carbonyl (C=O) groups is 1. The Kier molecular flexibility index (Phi) is 4.18. The Bertz CT molecular complexity index is 342. The highest BCUT2D eigenvalue weighted by molar-refractivity contribution is 5.83. The Labute approximate surface area is 102 Å². The van der Waals surface area contributed by atoms with E-state index in [-0.39, 0.29) is 11.8 Å². The molecular weight excluding hydrogens is 214 g/mol. The minimum Gasteiger partial charge on any atom is -0.348 e. The van der Waals surface area contributed by atoms with Gasteiger partial charge in [-0.1, -0.05) is 13.3 Å². The SMILES string of the molecule is CCCC(C(=O)N1CCCCC1)c1cnc[nH]1. The summed E-state index contributed by atoms with van der Waals surface area (Å²) in [5.74, 6) is 0.247. The number of piperidine rings is 1. The Hall–Kier alpha value is -1.32. The maximum Gasteiger partial charge on any atom is 0.231 e. The van der Waals surface area contributed by atoms with Crippen LogP contribution in [0, 0.1) is 0 Å². The van der Waals surface area contributed by atoms with E-state index in [1.165, 1.54) is 6.42 Å². The fourth-order valence-electron chi connectivity index (χ4n) is 2.49. The molecule has 17 heavy (non-hydrogen) atoms. The fraction of sp³-hybridized carbons (Fsp3) is 0.692. The number of H-pyrrole nitrogens is 1.